The van der Waals surface area contributed by atoms with Crippen LogP contribution in [0.1, 0.15) is 96.8 Å². The van der Waals surface area contributed by atoms with Crippen LogP contribution in [0.5, 0.6) is 0 Å². The minimum atomic E-state index is 1.37. The zero-order chi connectivity index (χ0) is 13.6. The van der Waals surface area contributed by atoms with Gasteiger partial charge in [-0.05, 0) is 38.9 Å². The summed E-state index contributed by atoms with van der Waals surface area (Å²) in [5.74, 6) is 0. The second kappa shape index (κ2) is 13.0. The fourth-order valence-corrected chi connectivity index (χ4v) is 3.18. The van der Waals surface area contributed by atoms with Gasteiger partial charge in [0.25, 0.3) is 0 Å². The molecule has 0 spiro atoms. The van der Waals surface area contributed by atoms with E-state index in [2.05, 4.69) is 11.8 Å². The molecule has 0 amide bonds. The Labute approximate surface area is 122 Å². The van der Waals surface area contributed by atoms with Crippen molar-refractivity contribution in [1.29, 1.82) is 0 Å². The summed E-state index contributed by atoms with van der Waals surface area (Å²) in [6.45, 7) is 6.41. The molecule has 1 saturated heterocycles. The van der Waals surface area contributed by atoms with Crippen LogP contribution in [0.3, 0.4) is 0 Å². The molecule has 1 aliphatic rings. The fraction of sp³-hybridized carbons (Fsp3) is 1.00. The first kappa shape index (κ1) is 17.0. The monoisotopic (exact) mass is 267 g/mol. The van der Waals surface area contributed by atoms with Gasteiger partial charge in [-0.3, -0.25) is 0 Å². The Kier molecular flexibility index (Phi) is 11.6. The normalized spacial score (nSPS) is 18.2. The lowest BCUT2D eigenvalue weighted by molar-refractivity contribution is 0.242. The molecule has 0 atom stereocenters. The third-order valence-corrected chi connectivity index (χ3v) is 4.53. The third kappa shape index (κ3) is 10.4. The highest BCUT2D eigenvalue weighted by Crippen LogP contribution is 2.13. The van der Waals surface area contributed by atoms with Gasteiger partial charge in [-0.15, -0.1) is 0 Å². The molecule has 0 aromatic heterocycles. The van der Waals surface area contributed by atoms with Crippen LogP contribution >= 0.6 is 0 Å². The summed E-state index contributed by atoms with van der Waals surface area (Å²) in [5.41, 5.74) is 0. The molecule has 1 nitrogen and oxygen atoms in total. The quantitative estimate of drug-likeness (QED) is 0.453. The molecule has 0 bridgehead atoms. The van der Waals surface area contributed by atoms with Gasteiger partial charge in [-0.25, -0.2) is 0 Å². The summed E-state index contributed by atoms with van der Waals surface area (Å²) in [6.07, 6.45) is 20.4. The Morgan fingerprint density at radius 3 is 1.63 bits per heavy atom. The van der Waals surface area contributed by atoms with Crippen LogP contribution in [0, 0.1) is 0 Å². The van der Waals surface area contributed by atoms with E-state index in [1.54, 1.807) is 0 Å². The van der Waals surface area contributed by atoms with E-state index in [0.717, 1.165) is 0 Å². The van der Waals surface area contributed by atoms with Crippen molar-refractivity contribution in [3.63, 3.8) is 0 Å². The van der Waals surface area contributed by atoms with Crippen molar-refractivity contribution in [3.8, 4) is 0 Å². The first-order chi connectivity index (χ1) is 9.43. The topological polar surface area (TPSA) is 3.24 Å². The van der Waals surface area contributed by atoms with Gasteiger partial charge in [0.15, 0.2) is 0 Å². The molecule has 1 heteroatoms. The van der Waals surface area contributed by atoms with Crippen LogP contribution in [0.2, 0.25) is 0 Å². The molecule has 0 aliphatic carbocycles. The Morgan fingerprint density at radius 2 is 1.05 bits per heavy atom. The number of likely N-dealkylation sites (tertiary alicyclic amines) is 1. The lowest BCUT2D eigenvalue weighted by Crippen LogP contribution is -2.28. The summed E-state index contributed by atoms with van der Waals surface area (Å²) < 4.78 is 0. The number of hydrogen-bond donors (Lipinski definition) is 0. The highest BCUT2D eigenvalue weighted by atomic mass is 15.1. The predicted octanol–water partition coefficient (Wildman–Crippen LogP) is 5.78. The molecule has 1 fully saturated rings. The van der Waals surface area contributed by atoms with E-state index in [4.69, 9.17) is 0 Å². The van der Waals surface area contributed by atoms with Crippen molar-refractivity contribution in [2.45, 2.75) is 96.8 Å². The van der Waals surface area contributed by atoms with Crippen LogP contribution in [-0.2, 0) is 0 Å². The number of rotatable bonds is 10. The number of nitrogens with zero attached hydrogens (tertiary/aromatic N) is 1. The molecule has 1 aliphatic heterocycles. The van der Waals surface area contributed by atoms with E-state index in [-0.39, 0.29) is 0 Å². The molecule has 0 aromatic carbocycles. The minimum absolute atomic E-state index is 1.37. The Balaban J connectivity index is 1.84. The van der Waals surface area contributed by atoms with E-state index in [0.29, 0.717) is 0 Å². The maximum absolute atomic E-state index is 2.72. The van der Waals surface area contributed by atoms with Crippen LogP contribution in [0.15, 0.2) is 0 Å². The summed E-state index contributed by atoms with van der Waals surface area (Å²) >= 11 is 0. The van der Waals surface area contributed by atoms with Gasteiger partial charge in [0.2, 0.25) is 0 Å². The molecule has 0 radical (unpaired) electrons. The van der Waals surface area contributed by atoms with E-state index in [1.807, 2.05) is 0 Å². The number of unbranched alkanes of at least 4 members (excludes halogenated alkanes) is 8. The molecule has 114 valence electrons. The first-order valence-electron chi connectivity index (χ1n) is 9.16. The Bertz CT molecular complexity index is 171. The second-order valence-electron chi connectivity index (χ2n) is 6.44. The van der Waals surface area contributed by atoms with Crippen LogP contribution in [0.4, 0.5) is 0 Å². The van der Waals surface area contributed by atoms with Crippen molar-refractivity contribution in [2.75, 3.05) is 19.6 Å². The molecule has 1 rings (SSSR count). The summed E-state index contributed by atoms with van der Waals surface area (Å²) in [7, 11) is 0. The summed E-state index contributed by atoms with van der Waals surface area (Å²) in [4.78, 5) is 2.72. The van der Waals surface area contributed by atoms with Gasteiger partial charge in [0.05, 0.1) is 0 Å². The molecular formula is C18H37N. The second-order valence-corrected chi connectivity index (χ2v) is 6.44. The Morgan fingerprint density at radius 1 is 0.579 bits per heavy atom. The van der Waals surface area contributed by atoms with Gasteiger partial charge in [-0.2, -0.15) is 0 Å². The number of hydrogen-bond acceptors (Lipinski definition) is 1. The molecule has 0 N–H and O–H groups in total. The smallest absolute Gasteiger partial charge is 0.00187 e. The SMILES string of the molecule is CCCCCCCCCCCN1CCCCCCC1. The summed E-state index contributed by atoms with van der Waals surface area (Å²) in [5, 5.41) is 0. The van der Waals surface area contributed by atoms with Gasteiger partial charge in [-0.1, -0.05) is 77.6 Å². The van der Waals surface area contributed by atoms with Gasteiger partial charge < -0.3 is 4.90 Å². The largest absolute Gasteiger partial charge is 0.303 e. The standard InChI is InChI=1S/C18H37N/c1-2-3-4-5-6-7-8-10-13-16-19-17-14-11-9-12-15-18-19/h2-18H2,1H3. The van der Waals surface area contributed by atoms with Crippen molar-refractivity contribution in [3.05, 3.63) is 0 Å². The zero-order valence-corrected chi connectivity index (χ0v) is 13.5. The van der Waals surface area contributed by atoms with Crippen molar-refractivity contribution in [2.24, 2.45) is 0 Å². The van der Waals surface area contributed by atoms with Crippen LogP contribution < -0.4 is 0 Å². The zero-order valence-electron chi connectivity index (χ0n) is 13.5. The molecule has 1 heterocycles. The first-order valence-corrected chi connectivity index (χ1v) is 9.16. The molecule has 0 aromatic rings. The van der Waals surface area contributed by atoms with E-state index in [1.165, 1.54) is 110 Å². The van der Waals surface area contributed by atoms with Gasteiger partial charge in [0, 0.05) is 0 Å². The van der Waals surface area contributed by atoms with Crippen LogP contribution in [0.25, 0.3) is 0 Å². The average molecular weight is 268 g/mol. The third-order valence-electron chi connectivity index (χ3n) is 4.53. The van der Waals surface area contributed by atoms with Gasteiger partial charge in [0.1, 0.15) is 0 Å². The highest BCUT2D eigenvalue weighted by Gasteiger charge is 2.06. The average Bonchev–Trinajstić information content (AvgIpc) is 2.39. The lowest BCUT2D eigenvalue weighted by atomic mass is 10.1. The Hall–Kier alpha value is -0.0400. The molecule has 0 saturated carbocycles. The lowest BCUT2D eigenvalue weighted by Gasteiger charge is -2.24. The maximum atomic E-state index is 2.72. The maximum Gasteiger partial charge on any atom is -0.00187 e. The van der Waals surface area contributed by atoms with Crippen molar-refractivity contribution >= 4 is 0 Å². The predicted molar refractivity (Wildman–Crippen MR) is 86.8 cm³/mol. The summed E-state index contributed by atoms with van der Waals surface area (Å²) in [6, 6.07) is 0. The van der Waals surface area contributed by atoms with Crippen molar-refractivity contribution in [1.82, 2.24) is 4.90 Å². The van der Waals surface area contributed by atoms with Crippen LogP contribution in [-0.4, -0.2) is 24.5 Å². The van der Waals surface area contributed by atoms with Crippen molar-refractivity contribution < 1.29 is 0 Å². The molecule has 19 heavy (non-hydrogen) atoms. The van der Waals surface area contributed by atoms with E-state index < -0.39 is 0 Å². The highest BCUT2D eigenvalue weighted by molar-refractivity contribution is 4.62. The molecular weight excluding hydrogens is 230 g/mol. The fourth-order valence-electron chi connectivity index (χ4n) is 3.18. The van der Waals surface area contributed by atoms with E-state index in [9.17, 15) is 0 Å². The molecule has 0 unspecified atom stereocenters. The van der Waals surface area contributed by atoms with E-state index >= 15 is 0 Å². The van der Waals surface area contributed by atoms with Gasteiger partial charge >= 0.3 is 0 Å². The minimum Gasteiger partial charge on any atom is -0.303 e.